The summed E-state index contributed by atoms with van der Waals surface area (Å²) in [5, 5.41) is 0.254. The van der Waals surface area contributed by atoms with E-state index in [4.69, 9.17) is 9.15 Å². The Hall–Kier alpha value is -3.20. The number of methoxy groups -OCH3 is 1. The van der Waals surface area contributed by atoms with Crippen LogP contribution in [0.25, 0.3) is 11.1 Å². The molecule has 1 amide bonds. The molecule has 9 nitrogen and oxygen atoms in total. The molecule has 0 bridgehead atoms. The molecule has 1 fully saturated rings. The van der Waals surface area contributed by atoms with Crippen LogP contribution in [0, 0.1) is 6.92 Å². The summed E-state index contributed by atoms with van der Waals surface area (Å²) >= 11 is 0. The quantitative estimate of drug-likeness (QED) is 0.570. The second-order valence-corrected chi connectivity index (χ2v) is 7.27. The number of hydrogen-bond acceptors (Lipinski definition) is 7. The molecule has 0 spiro atoms. The predicted octanol–water partition coefficient (Wildman–Crippen LogP) is 1.69. The van der Waals surface area contributed by atoms with E-state index in [2.05, 4.69) is 14.9 Å². The standard InChI is InChI=1S/C21H25N5O4/c1-15-17(18-19(30-15)23-14-26(21(18)28)8-5-13-29-2)20(27)25-11-9-24(10-12-25)16-6-3-4-7-22-16/h3-4,6-7,14H,5,8-13H2,1-2H3. The maximum atomic E-state index is 13.3. The highest BCUT2D eigenvalue weighted by Gasteiger charge is 2.29. The van der Waals surface area contributed by atoms with Crippen LogP contribution in [0.1, 0.15) is 22.5 Å². The molecule has 30 heavy (non-hydrogen) atoms. The fraction of sp³-hybridized carbons (Fsp3) is 0.429. The molecule has 0 saturated carbocycles. The monoisotopic (exact) mass is 411 g/mol. The molecule has 158 valence electrons. The van der Waals surface area contributed by atoms with E-state index >= 15 is 0 Å². The van der Waals surface area contributed by atoms with Crippen molar-refractivity contribution in [2.45, 2.75) is 19.9 Å². The second-order valence-electron chi connectivity index (χ2n) is 7.27. The summed E-state index contributed by atoms with van der Waals surface area (Å²) in [6.07, 6.45) is 3.90. The fourth-order valence-corrected chi connectivity index (χ4v) is 3.77. The van der Waals surface area contributed by atoms with Gasteiger partial charge >= 0.3 is 0 Å². The van der Waals surface area contributed by atoms with Crippen molar-refractivity contribution in [3.8, 4) is 0 Å². The number of amides is 1. The molecule has 1 saturated heterocycles. The molecule has 0 atom stereocenters. The minimum atomic E-state index is -0.261. The third-order valence-electron chi connectivity index (χ3n) is 5.36. The lowest BCUT2D eigenvalue weighted by Gasteiger charge is -2.35. The van der Waals surface area contributed by atoms with E-state index in [0.29, 0.717) is 57.1 Å². The summed E-state index contributed by atoms with van der Waals surface area (Å²) in [6, 6.07) is 5.79. The van der Waals surface area contributed by atoms with Gasteiger partial charge in [0.1, 0.15) is 23.3 Å². The van der Waals surface area contributed by atoms with Gasteiger partial charge in [0.25, 0.3) is 11.5 Å². The first-order valence-corrected chi connectivity index (χ1v) is 10.0. The molecule has 0 unspecified atom stereocenters. The molecule has 4 heterocycles. The van der Waals surface area contributed by atoms with Gasteiger partial charge in [0.15, 0.2) is 0 Å². The maximum absolute atomic E-state index is 13.3. The third-order valence-corrected chi connectivity index (χ3v) is 5.36. The Morgan fingerprint density at radius 2 is 2.00 bits per heavy atom. The van der Waals surface area contributed by atoms with Gasteiger partial charge in [0.2, 0.25) is 5.71 Å². The number of piperazine rings is 1. The smallest absolute Gasteiger partial charge is 0.265 e. The van der Waals surface area contributed by atoms with Gasteiger partial charge < -0.3 is 19.0 Å². The lowest BCUT2D eigenvalue weighted by atomic mass is 10.1. The number of carbonyl (C=O) groups is 1. The molecular formula is C21H25N5O4. The van der Waals surface area contributed by atoms with E-state index in [1.54, 1.807) is 25.1 Å². The summed E-state index contributed by atoms with van der Waals surface area (Å²) in [6.45, 7) is 5.16. The average Bonchev–Trinajstić information content (AvgIpc) is 3.12. The Bertz CT molecular complexity index is 1080. The van der Waals surface area contributed by atoms with Crippen LogP contribution in [0.15, 0.2) is 39.9 Å². The van der Waals surface area contributed by atoms with Gasteiger partial charge in [0.05, 0.1) is 5.56 Å². The highest BCUT2D eigenvalue weighted by Crippen LogP contribution is 2.23. The summed E-state index contributed by atoms with van der Waals surface area (Å²) < 4.78 is 12.2. The van der Waals surface area contributed by atoms with Crippen molar-refractivity contribution in [3.63, 3.8) is 0 Å². The first kappa shape index (κ1) is 20.1. The van der Waals surface area contributed by atoms with E-state index in [1.165, 1.54) is 10.9 Å². The number of rotatable bonds is 6. The molecule has 3 aromatic heterocycles. The minimum absolute atomic E-state index is 0.194. The Kier molecular flexibility index (Phi) is 5.80. The van der Waals surface area contributed by atoms with E-state index in [9.17, 15) is 9.59 Å². The lowest BCUT2D eigenvalue weighted by molar-refractivity contribution is 0.0746. The van der Waals surface area contributed by atoms with E-state index in [-0.39, 0.29) is 22.6 Å². The summed E-state index contributed by atoms with van der Waals surface area (Å²) in [7, 11) is 1.62. The van der Waals surface area contributed by atoms with Crippen LogP contribution in [0.5, 0.6) is 0 Å². The number of carbonyl (C=O) groups excluding carboxylic acids is 1. The van der Waals surface area contributed by atoms with Crippen molar-refractivity contribution in [1.29, 1.82) is 0 Å². The highest BCUT2D eigenvalue weighted by atomic mass is 16.5. The van der Waals surface area contributed by atoms with Gasteiger partial charge in [-0.3, -0.25) is 14.2 Å². The zero-order valence-corrected chi connectivity index (χ0v) is 17.2. The Labute approximate surface area is 173 Å². The number of ether oxygens (including phenoxy) is 1. The second kappa shape index (κ2) is 8.66. The molecule has 1 aliphatic rings. The molecule has 0 aliphatic carbocycles. The summed E-state index contributed by atoms with van der Waals surface area (Å²) in [5.74, 6) is 1.12. The van der Waals surface area contributed by atoms with Crippen LogP contribution in [0.4, 0.5) is 5.82 Å². The Balaban J connectivity index is 1.56. The van der Waals surface area contributed by atoms with Crippen LogP contribution in [-0.4, -0.2) is 65.2 Å². The molecular weight excluding hydrogens is 386 g/mol. The SMILES string of the molecule is COCCCn1cnc2oc(C)c(C(=O)N3CCN(c4ccccn4)CC3)c2c1=O. The summed E-state index contributed by atoms with van der Waals surface area (Å²) in [4.78, 5) is 38.8. The first-order valence-electron chi connectivity index (χ1n) is 10.0. The molecule has 1 aliphatic heterocycles. The van der Waals surface area contributed by atoms with Crippen LogP contribution in [0.2, 0.25) is 0 Å². The molecule has 9 heteroatoms. The molecule has 4 rings (SSSR count). The topological polar surface area (TPSA) is 93.7 Å². The van der Waals surface area contributed by atoms with Gasteiger partial charge in [-0.25, -0.2) is 9.97 Å². The van der Waals surface area contributed by atoms with Crippen molar-refractivity contribution in [1.82, 2.24) is 19.4 Å². The van der Waals surface area contributed by atoms with Crippen LogP contribution in [-0.2, 0) is 11.3 Å². The maximum Gasteiger partial charge on any atom is 0.265 e. The minimum Gasteiger partial charge on any atom is -0.442 e. The number of hydrogen-bond donors (Lipinski definition) is 0. The summed E-state index contributed by atoms with van der Waals surface area (Å²) in [5.41, 5.74) is 0.259. The van der Waals surface area contributed by atoms with E-state index in [1.807, 2.05) is 18.2 Å². The van der Waals surface area contributed by atoms with Crippen molar-refractivity contribution < 1.29 is 13.9 Å². The van der Waals surface area contributed by atoms with Gasteiger partial charge in [-0.2, -0.15) is 0 Å². The van der Waals surface area contributed by atoms with Crippen LogP contribution in [0.3, 0.4) is 0 Å². The molecule has 3 aromatic rings. The lowest BCUT2D eigenvalue weighted by Crippen LogP contribution is -2.49. The molecule has 0 N–H and O–H groups in total. The third kappa shape index (κ3) is 3.80. The van der Waals surface area contributed by atoms with E-state index < -0.39 is 0 Å². The number of aromatic nitrogens is 3. The molecule has 0 aromatic carbocycles. The fourth-order valence-electron chi connectivity index (χ4n) is 3.77. The van der Waals surface area contributed by atoms with Gasteiger partial charge in [-0.05, 0) is 25.5 Å². The number of aryl methyl sites for hydroxylation is 2. The Morgan fingerprint density at radius 1 is 1.20 bits per heavy atom. The normalized spacial score (nSPS) is 14.5. The van der Waals surface area contributed by atoms with Crippen molar-refractivity contribution in [2.24, 2.45) is 0 Å². The van der Waals surface area contributed by atoms with Crippen molar-refractivity contribution in [2.75, 3.05) is 44.8 Å². The van der Waals surface area contributed by atoms with E-state index in [0.717, 1.165) is 5.82 Å². The predicted molar refractivity (Wildman–Crippen MR) is 112 cm³/mol. The zero-order valence-electron chi connectivity index (χ0n) is 17.2. The largest absolute Gasteiger partial charge is 0.442 e. The highest BCUT2D eigenvalue weighted by molar-refractivity contribution is 6.06. The first-order chi connectivity index (χ1) is 14.6. The number of furan rings is 1. The number of anilines is 1. The number of fused-ring (bicyclic) bond motifs is 1. The van der Waals surface area contributed by atoms with Crippen molar-refractivity contribution >= 4 is 22.8 Å². The average molecular weight is 411 g/mol. The van der Waals surface area contributed by atoms with Gasteiger partial charge in [-0.15, -0.1) is 0 Å². The zero-order chi connectivity index (χ0) is 21.1. The van der Waals surface area contributed by atoms with Gasteiger partial charge in [-0.1, -0.05) is 6.07 Å². The Morgan fingerprint density at radius 3 is 2.70 bits per heavy atom. The number of pyridine rings is 1. The van der Waals surface area contributed by atoms with Crippen LogP contribution < -0.4 is 10.5 Å². The number of nitrogens with zero attached hydrogens (tertiary/aromatic N) is 5. The molecule has 0 radical (unpaired) electrons. The van der Waals surface area contributed by atoms with Crippen molar-refractivity contribution in [3.05, 3.63) is 52.4 Å². The van der Waals surface area contributed by atoms with Crippen LogP contribution >= 0.6 is 0 Å². The van der Waals surface area contributed by atoms with Gasteiger partial charge in [0, 0.05) is 52.6 Å².